The molecule has 3 fully saturated rings. The fourth-order valence-corrected chi connectivity index (χ4v) is 12.3. The summed E-state index contributed by atoms with van der Waals surface area (Å²) in [7, 11) is 0. The monoisotopic (exact) mass is 1050 g/mol. The Hall–Kier alpha value is -8.06. The normalized spacial score (nSPS) is 19.6. The van der Waals surface area contributed by atoms with Crippen molar-refractivity contribution in [1.82, 2.24) is 25.1 Å². The minimum absolute atomic E-state index is 0.00384. The van der Waals surface area contributed by atoms with E-state index in [4.69, 9.17) is 9.72 Å². The average molecular weight is 1050 g/mol. The molecule has 2 saturated heterocycles. The van der Waals surface area contributed by atoms with Crippen LogP contribution in [0, 0.1) is 18.7 Å². The number of benzene rings is 4. The van der Waals surface area contributed by atoms with Gasteiger partial charge in [-0.05, 0) is 135 Å². The van der Waals surface area contributed by atoms with E-state index in [-0.39, 0.29) is 53.3 Å². The number of thiazole rings is 1. The molecule has 2 aromatic heterocycles. The molecule has 6 aromatic rings. The summed E-state index contributed by atoms with van der Waals surface area (Å²) in [5, 5.41) is 16.2. The van der Waals surface area contributed by atoms with Gasteiger partial charge in [-0.25, -0.2) is 19.2 Å². The van der Waals surface area contributed by atoms with Crippen LogP contribution in [0.5, 0.6) is 5.75 Å². The summed E-state index contributed by atoms with van der Waals surface area (Å²) in [6.07, 6.45) is 6.26. The van der Waals surface area contributed by atoms with Crippen LogP contribution in [0.25, 0.3) is 21.3 Å². The Morgan fingerprint density at radius 1 is 0.803 bits per heavy atom. The SMILES string of the molecule is Cc1c(O[C@H]2CC[C@H](CCCC(=O)N3CCN(c4cc5c(cc4F)C(=O)N(C4CCC(=O)NC4=O)C5=O)CC3)CC2)cccc1-c1ccc(N2CCc3cccc(C(=O)Nc4nc5ccccc5s4)c3C2)nc1C(=O)O. The van der Waals surface area contributed by atoms with Crippen molar-refractivity contribution in [3.63, 3.8) is 0 Å². The van der Waals surface area contributed by atoms with Gasteiger partial charge in [-0.3, -0.25) is 44.3 Å². The van der Waals surface area contributed by atoms with E-state index in [1.54, 1.807) is 15.9 Å². The van der Waals surface area contributed by atoms with Crippen molar-refractivity contribution in [1.29, 1.82) is 0 Å². The number of fused-ring (bicyclic) bond motifs is 3. The van der Waals surface area contributed by atoms with Gasteiger partial charge in [-0.2, -0.15) is 0 Å². The number of piperazine rings is 1. The average Bonchev–Trinajstić information content (AvgIpc) is 3.95. The zero-order valence-corrected chi connectivity index (χ0v) is 42.6. The van der Waals surface area contributed by atoms with Crippen molar-refractivity contribution >= 4 is 79.6 Å². The van der Waals surface area contributed by atoms with Gasteiger partial charge in [0.15, 0.2) is 10.8 Å². The summed E-state index contributed by atoms with van der Waals surface area (Å²) in [5.74, 6) is -3.08. The Kier molecular flexibility index (Phi) is 13.8. The van der Waals surface area contributed by atoms with Gasteiger partial charge in [-0.15, -0.1) is 0 Å². The maximum atomic E-state index is 15.5. The number of aromatic carboxylic acids is 1. The molecular weight excluding hydrogens is 992 g/mol. The van der Waals surface area contributed by atoms with Crippen molar-refractivity contribution in [2.75, 3.05) is 47.8 Å². The smallest absolute Gasteiger partial charge is 0.355 e. The number of carboxylic acid groups (broad SMARTS) is 1. The van der Waals surface area contributed by atoms with Gasteiger partial charge in [0, 0.05) is 63.2 Å². The molecule has 76 heavy (non-hydrogen) atoms. The quantitative estimate of drug-likeness (QED) is 0.0933. The number of aromatic nitrogens is 2. The minimum Gasteiger partial charge on any atom is -0.490 e. The van der Waals surface area contributed by atoms with Crippen LogP contribution in [-0.4, -0.2) is 111 Å². The molecule has 1 saturated carbocycles. The first-order valence-electron chi connectivity index (χ1n) is 25.9. The standard InChI is InChI=1S/C57H55FN8O9S/c1-32-36(37-19-21-48(60-51(37)56(73)74)65-24-23-34-8-5-10-38(41(34)31-65)52(69)62-57-59-43-11-2-3-13-47(43)76-57)9-6-12-46(32)75-35-17-15-33(16-18-35)7-4-14-50(68)64-27-25-63(26-28-64)45-30-40-39(29-42(45)58)54(71)66(55(40)72)44-20-22-49(67)61-53(44)70/h2-3,5-6,8-13,19,21,29-30,33,35,44H,4,7,14-18,20,22-28,31H2,1H3,(H,73,74)(H,59,62,69)(H,61,67,70)/t33-,35-,44?. The van der Waals surface area contributed by atoms with E-state index in [2.05, 4.69) is 15.6 Å². The number of anilines is 3. The molecule has 11 rings (SSSR count). The topological polar surface area (TPSA) is 212 Å². The highest BCUT2D eigenvalue weighted by atomic mass is 32.1. The first-order valence-corrected chi connectivity index (χ1v) is 26.7. The molecule has 0 radical (unpaired) electrons. The zero-order chi connectivity index (χ0) is 52.8. The summed E-state index contributed by atoms with van der Waals surface area (Å²) in [5.41, 5.74) is 5.27. The Bertz CT molecular complexity index is 3330. The van der Waals surface area contributed by atoms with Gasteiger partial charge in [0.05, 0.1) is 33.1 Å². The molecular formula is C57H55FN8O9S. The van der Waals surface area contributed by atoms with Gasteiger partial charge < -0.3 is 24.5 Å². The first-order chi connectivity index (χ1) is 36.8. The number of para-hydroxylation sites is 1. The van der Waals surface area contributed by atoms with Crippen LogP contribution < -0.4 is 25.2 Å². The van der Waals surface area contributed by atoms with Gasteiger partial charge in [0.2, 0.25) is 17.7 Å². The lowest BCUT2D eigenvalue weighted by atomic mass is 9.84. The highest BCUT2D eigenvalue weighted by Gasteiger charge is 2.45. The Morgan fingerprint density at radius 2 is 1.57 bits per heavy atom. The van der Waals surface area contributed by atoms with Crippen LogP contribution in [0.3, 0.4) is 0 Å². The van der Waals surface area contributed by atoms with E-state index in [1.807, 2.05) is 78.6 Å². The minimum atomic E-state index is -1.15. The molecule has 0 bridgehead atoms. The van der Waals surface area contributed by atoms with Crippen LogP contribution in [-0.2, 0) is 27.3 Å². The predicted octanol–water partition coefficient (Wildman–Crippen LogP) is 8.18. The number of nitrogens with zero attached hydrogens (tertiary/aromatic N) is 6. The molecule has 3 N–H and O–H groups in total. The molecule has 6 amide bonds. The number of ether oxygens (including phenoxy) is 1. The van der Waals surface area contributed by atoms with Gasteiger partial charge in [0.25, 0.3) is 17.7 Å². The highest BCUT2D eigenvalue weighted by Crippen LogP contribution is 2.38. The lowest BCUT2D eigenvalue weighted by Gasteiger charge is -2.36. The molecule has 1 atom stereocenters. The molecule has 6 heterocycles. The number of carbonyl (C=O) groups is 7. The summed E-state index contributed by atoms with van der Waals surface area (Å²) in [6, 6.07) is 24.0. The second-order valence-corrected chi connectivity index (χ2v) is 21.2. The Balaban J connectivity index is 0.656. The third-order valence-corrected chi connectivity index (χ3v) is 16.5. The van der Waals surface area contributed by atoms with Crippen molar-refractivity contribution in [2.45, 2.75) is 89.8 Å². The van der Waals surface area contributed by atoms with Crippen LogP contribution in [0.1, 0.15) is 116 Å². The van der Waals surface area contributed by atoms with Crippen molar-refractivity contribution < 1.29 is 47.8 Å². The number of rotatable bonds is 13. The fraction of sp³-hybridized carbons (Fsp3) is 0.351. The second kappa shape index (κ2) is 20.9. The van der Waals surface area contributed by atoms with E-state index in [1.165, 1.54) is 17.4 Å². The number of halogens is 1. The van der Waals surface area contributed by atoms with E-state index in [0.717, 1.165) is 82.0 Å². The Morgan fingerprint density at radius 3 is 2.33 bits per heavy atom. The summed E-state index contributed by atoms with van der Waals surface area (Å²) in [6.45, 7) is 4.34. The Labute approximate surface area is 441 Å². The van der Waals surface area contributed by atoms with E-state index in [0.29, 0.717) is 85.9 Å². The number of imide groups is 2. The highest BCUT2D eigenvalue weighted by molar-refractivity contribution is 7.22. The van der Waals surface area contributed by atoms with Gasteiger partial charge in [0.1, 0.15) is 23.4 Å². The summed E-state index contributed by atoms with van der Waals surface area (Å²) < 4.78 is 23.1. The number of hydrogen-bond donors (Lipinski definition) is 3. The molecule has 4 aliphatic heterocycles. The maximum absolute atomic E-state index is 15.5. The number of carbonyl (C=O) groups excluding carboxylic acids is 6. The largest absolute Gasteiger partial charge is 0.490 e. The second-order valence-electron chi connectivity index (χ2n) is 20.2. The number of pyridine rings is 1. The first kappa shape index (κ1) is 50.1. The fourth-order valence-electron chi connectivity index (χ4n) is 11.5. The van der Waals surface area contributed by atoms with Crippen molar-refractivity contribution in [3.8, 4) is 16.9 Å². The van der Waals surface area contributed by atoms with E-state index < -0.39 is 41.5 Å². The van der Waals surface area contributed by atoms with Crippen LogP contribution in [0.2, 0.25) is 0 Å². The van der Waals surface area contributed by atoms with E-state index >= 15 is 4.39 Å². The van der Waals surface area contributed by atoms with Crippen LogP contribution >= 0.6 is 11.3 Å². The predicted molar refractivity (Wildman–Crippen MR) is 282 cm³/mol. The third-order valence-electron chi connectivity index (χ3n) is 15.6. The lowest BCUT2D eigenvalue weighted by Crippen LogP contribution is -2.54. The zero-order valence-electron chi connectivity index (χ0n) is 41.8. The molecule has 0 spiro atoms. The molecule has 1 aliphatic carbocycles. The molecule has 19 heteroatoms. The van der Waals surface area contributed by atoms with Crippen LogP contribution in [0.15, 0.2) is 84.9 Å². The maximum Gasteiger partial charge on any atom is 0.355 e. The molecule has 390 valence electrons. The third kappa shape index (κ3) is 9.86. The molecule has 1 unspecified atom stereocenters. The molecule has 17 nitrogen and oxygen atoms in total. The summed E-state index contributed by atoms with van der Waals surface area (Å²) >= 11 is 1.42. The number of hydrogen-bond acceptors (Lipinski definition) is 13. The molecule has 5 aliphatic rings. The van der Waals surface area contributed by atoms with Gasteiger partial charge in [-0.1, -0.05) is 47.7 Å². The van der Waals surface area contributed by atoms with Gasteiger partial charge >= 0.3 is 5.97 Å². The number of nitrogens with one attached hydrogen (secondary N) is 2. The number of piperidine rings is 1. The molecule has 4 aromatic carbocycles. The van der Waals surface area contributed by atoms with Crippen molar-refractivity contribution in [2.24, 2.45) is 5.92 Å². The van der Waals surface area contributed by atoms with E-state index in [9.17, 15) is 38.7 Å². The lowest BCUT2D eigenvalue weighted by molar-refractivity contribution is -0.136. The number of carboxylic acids is 1. The van der Waals surface area contributed by atoms with Crippen molar-refractivity contribution in [3.05, 3.63) is 130 Å². The summed E-state index contributed by atoms with van der Waals surface area (Å²) in [4.78, 5) is 106. The van der Waals surface area contributed by atoms with Crippen LogP contribution in [0.4, 0.5) is 21.0 Å². The number of amides is 6.